The molecule has 7 nitrogen and oxygen atoms in total. The van der Waals surface area contributed by atoms with Crippen molar-refractivity contribution in [3.63, 3.8) is 0 Å². The number of ether oxygens (including phenoxy) is 1. The number of hydrogen-bond acceptors (Lipinski definition) is 6. The number of sulfonamides is 1. The number of hydrogen-bond donors (Lipinski definition) is 2. The van der Waals surface area contributed by atoms with Crippen LogP contribution in [-0.2, 0) is 14.8 Å². The fraction of sp³-hybridized carbons (Fsp3) is 0.333. The molecule has 1 amide bonds. The maximum Gasteiger partial charge on any atom is 0.283 e. The van der Waals surface area contributed by atoms with Crippen LogP contribution in [0.3, 0.4) is 0 Å². The summed E-state index contributed by atoms with van der Waals surface area (Å²) >= 11 is 0. The summed E-state index contributed by atoms with van der Waals surface area (Å²) < 4.78 is 30.2. The molecule has 1 fully saturated rings. The maximum atomic E-state index is 11.7. The molecule has 0 saturated carbocycles. The lowest BCUT2D eigenvalue weighted by atomic mass is 10.3. The van der Waals surface area contributed by atoms with E-state index in [4.69, 9.17) is 4.74 Å². The molecule has 1 unspecified atom stereocenters. The van der Waals surface area contributed by atoms with Crippen LogP contribution >= 0.6 is 0 Å². The Morgan fingerprint density at radius 1 is 1.53 bits per heavy atom. The zero-order chi connectivity index (χ0) is 12.3. The van der Waals surface area contributed by atoms with Crippen LogP contribution in [0.25, 0.3) is 0 Å². The van der Waals surface area contributed by atoms with Gasteiger partial charge in [-0.1, -0.05) is 6.07 Å². The molecule has 1 saturated heterocycles. The molecule has 0 spiro atoms. The van der Waals surface area contributed by atoms with Crippen LogP contribution in [0.1, 0.15) is 10.5 Å². The Labute approximate surface area is 98.2 Å². The lowest BCUT2D eigenvalue weighted by Gasteiger charge is -2.10. The molecular weight excluding hydrogens is 246 g/mol. The zero-order valence-electron chi connectivity index (χ0n) is 8.79. The highest BCUT2D eigenvalue weighted by atomic mass is 32.2. The Morgan fingerprint density at radius 3 is 2.94 bits per heavy atom. The summed E-state index contributed by atoms with van der Waals surface area (Å²) in [6.07, 6.45) is 1.42. The fourth-order valence-corrected chi connectivity index (χ4v) is 2.39. The van der Waals surface area contributed by atoms with Crippen LogP contribution < -0.4 is 10.0 Å². The van der Waals surface area contributed by atoms with Crippen molar-refractivity contribution in [3.8, 4) is 0 Å². The van der Waals surface area contributed by atoms with E-state index >= 15 is 0 Å². The summed E-state index contributed by atoms with van der Waals surface area (Å²) in [4.78, 5) is 15.4. The van der Waals surface area contributed by atoms with E-state index in [1.165, 1.54) is 12.3 Å². The predicted octanol–water partition coefficient (Wildman–Crippen LogP) is -0.955. The Bertz CT molecular complexity index is 496. The average Bonchev–Trinajstić information content (AvgIpc) is 2.84. The SMILES string of the molecule is O=C(NS(=O)(=O)C1COCN1)c1ccccn1. The summed E-state index contributed by atoms with van der Waals surface area (Å²) in [5.74, 6) is -0.751. The second-order valence-corrected chi connectivity index (χ2v) is 5.26. The van der Waals surface area contributed by atoms with Gasteiger partial charge >= 0.3 is 0 Å². The van der Waals surface area contributed by atoms with Crippen LogP contribution in [0.5, 0.6) is 0 Å². The van der Waals surface area contributed by atoms with E-state index in [0.717, 1.165) is 0 Å². The highest BCUT2D eigenvalue weighted by Gasteiger charge is 2.31. The summed E-state index contributed by atoms with van der Waals surface area (Å²) in [7, 11) is -3.78. The van der Waals surface area contributed by atoms with E-state index in [0.29, 0.717) is 0 Å². The number of aromatic nitrogens is 1. The third-order valence-electron chi connectivity index (χ3n) is 2.19. The first-order valence-corrected chi connectivity index (χ1v) is 6.42. The number of carbonyl (C=O) groups is 1. The van der Waals surface area contributed by atoms with Crippen LogP contribution in [0.15, 0.2) is 24.4 Å². The minimum atomic E-state index is -3.78. The third kappa shape index (κ3) is 2.78. The second kappa shape index (κ2) is 4.78. The molecule has 0 aliphatic carbocycles. The van der Waals surface area contributed by atoms with Crippen molar-refractivity contribution in [1.82, 2.24) is 15.0 Å². The van der Waals surface area contributed by atoms with E-state index in [2.05, 4.69) is 10.3 Å². The number of nitrogens with one attached hydrogen (secondary N) is 2. The van der Waals surface area contributed by atoms with Gasteiger partial charge in [-0.2, -0.15) is 0 Å². The number of nitrogens with zero attached hydrogens (tertiary/aromatic N) is 1. The van der Waals surface area contributed by atoms with Crippen molar-refractivity contribution >= 4 is 15.9 Å². The normalized spacial score (nSPS) is 20.1. The molecule has 2 N–H and O–H groups in total. The van der Waals surface area contributed by atoms with Crippen LogP contribution in [0.4, 0.5) is 0 Å². The molecule has 0 aromatic carbocycles. The molecule has 1 aliphatic rings. The van der Waals surface area contributed by atoms with Gasteiger partial charge in [0.15, 0.2) is 5.37 Å². The van der Waals surface area contributed by atoms with Crippen molar-refractivity contribution in [3.05, 3.63) is 30.1 Å². The minimum absolute atomic E-state index is 0.0187. The van der Waals surface area contributed by atoms with Gasteiger partial charge in [-0.05, 0) is 12.1 Å². The van der Waals surface area contributed by atoms with Gasteiger partial charge in [0.25, 0.3) is 15.9 Å². The van der Waals surface area contributed by atoms with Gasteiger partial charge in [-0.3, -0.25) is 15.1 Å². The average molecular weight is 257 g/mol. The Hall–Kier alpha value is -1.51. The Morgan fingerprint density at radius 2 is 2.35 bits per heavy atom. The standard InChI is InChI=1S/C9H11N3O4S/c13-9(7-3-1-2-4-10-7)12-17(14,15)8-5-16-6-11-8/h1-4,8,11H,5-6H2,(H,12,13). The zero-order valence-corrected chi connectivity index (χ0v) is 9.61. The third-order valence-corrected chi connectivity index (χ3v) is 3.71. The number of pyridine rings is 1. The quantitative estimate of drug-likeness (QED) is 0.724. The summed E-state index contributed by atoms with van der Waals surface area (Å²) in [6.45, 7) is 0.175. The highest BCUT2D eigenvalue weighted by Crippen LogP contribution is 2.03. The lowest BCUT2D eigenvalue weighted by molar-refractivity contribution is 0.0976. The summed E-state index contributed by atoms with van der Waals surface area (Å²) in [5, 5.41) is 1.70. The van der Waals surface area contributed by atoms with Crippen LogP contribution in [0.2, 0.25) is 0 Å². The molecule has 1 aromatic heterocycles. The molecule has 2 heterocycles. The molecule has 1 aliphatic heterocycles. The van der Waals surface area contributed by atoms with Gasteiger partial charge in [0.2, 0.25) is 0 Å². The molecule has 0 radical (unpaired) electrons. The minimum Gasteiger partial charge on any atom is -0.363 e. The fourth-order valence-electron chi connectivity index (χ4n) is 1.33. The van der Waals surface area contributed by atoms with Gasteiger partial charge in [-0.15, -0.1) is 0 Å². The Kier molecular flexibility index (Phi) is 3.36. The molecule has 17 heavy (non-hydrogen) atoms. The van der Waals surface area contributed by atoms with Crippen molar-refractivity contribution in [2.75, 3.05) is 13.3 Å². The first-order chi connectivity index (χ1) is 8.09. The van der Waals surface area contributed by atoms with Crippen molar-refractivity contribution in [1.29, 1.82) is 0 Å². The van der Waals surface area contributed by atoms with Crippen LogP contribution in [0, 0.1) is 0 Å². The predicted molar refractivity (Wildman–Crippen MR) is 58.4 cm³/mol. The Balaban J connectivity index is 2.08. The number of carbonyl (C=O) groups excluding carboxylic acids is 1. The molecule has 92 valence electrons. The molecular formula is C9H11N3O4S. The summed E-state index contributed by atoms with van der Waals surface area (Å²) in [5.41, 5.74) is 0.0509. The van der Waals surface area contributed by atoms with Crippen molar-refractivity contribution in [2.45, 2.75) is 5.37 Å². The van der Waals surface area contributed by atoms with Gasteiger partial charge < -0.3 is 4.74 Å². The monoisotopic (exact) mass is 257 g/mol. The maximum absolute atomic E-state index is 11.7. The van der Waals surface area contributed by atoms with E-state index in [1.54, 1.807) is 12.1 Å². The van der Waals surface area contributed by atoms with Crippen LogP contribution in [-0.4, -0.2) is 38.0 Å². The lowest BCUT2D eigenvalue weighted by Crippen LogP contribution is -2.44. The summed E-state index contributed by atoms with van der Waals surface area (Å²) in [6, 6.07) is 4.67. The molecule has 1 aromatic rings. The first-order valence-electron chi connectivity index (χ1n) is 4.88. The molecule has 8 heteroatoms. The first kappa shape index (κ1) is 12.0. The molecule has 0 bridgehead atoms. The van der Waals surface area contributed by atoms with Gasteiger partial charge in [0, 0.05) is 6.20 Å². The molecule has 1 atom stereocenters. The van der Waals surface area contributed by atoms with Gasteiger partial charge in [0.05, 0.1) is 13.3 Å². The number of amides is 1. The van der Waals surface area contributed by atoms with E-state index in [1.807, 2.05) is 4.72 Å². The van der Waals surface area contributed by atoms with E-state index < -0.39 is 21.3 Å². The smallest absolute Gasteiger partial charge is 0.283 e. The van der Waals surface area contributed by atoms with E-state index in [9.17, 15) is 13.2 Å². The van der Waals surface area contributed by atoms with Gasteiger partial charge in [-0.25, -0.2) is 13.1 Å². The largest absolute Gasteiger partial charge is 0.363 e. The van der Waals surface area contributed by atoms with Crippen molar-refractivity contribution in [2.24, 2.45) is 0 Å². The second-order valence-electron chi connectivity index (χ2n) is 3.40. The van der Waals surface area contributed by atoms with E-state index in [-0.39, 0.29) is 19.0 Å². The van der Waals surface area contributed by atoms with Gasteiger partial charge in [0.1, 0.15) is 5.69 Å². The number of rotatable bonds is 3. The highest BCUT2D eigenvalue weighted by molar-refractivity contribution is 7.90. The molecule has 2 rings (SSSR count). The van der Waals surface area contributed by atoms with Crippen molar-refractivity contribution < 1.29 is 17.9 Å². The topological polar surface area (TPSA) is 97.4 Å².